The van der Waals surface area contributed by atoms with Crippen molar-refractivity contribution in [3.63, 3.8) is 0 Å². The Balaban J connectivity index is 2.09. The lowest BCUT2D eigenvalue weighted by Crippen LogP contribution is -2.40. The van der Waals surface area contributed by atoms with Crippen LogP contribution in [0.3, 0.4) is 0 Å². The van der Waals surface area contributed by atoms with Crippen LogP contribution in [-0.4, -0.2) is 9.30 Å². The molecule has 0 aliphatic heterocycles. The van der Waals surface area contributed by atoms with E-state index in [1.165, 1.54) is 6.07 Å². The molecule has 0 aromatic heterocycles. The number of para-hydroxylation sites is 1. The van der Waals surface area contributed by atoms with Crippen molar-refractivity contribution in [3.8, 4) is 11.5 Å². The molecular formula is C18H22FNO2S. The minimum Gasteiger partial charge on any atom is -0.598 e. The van der Waals surface area contributed by atoms with Gasteiger partial charge < -0.3 is 9.29 Å². The molecule has 0 bridgehead atoms. The molecule has 2 aromatic rings. The van der Waals surface area contributed by atoms with E-state index in [-0.39, 0.29) is 16.5 Å². The molecule has 5 heteroatoms. The number of rotatable bonds is 5. The molecule has 0 radical (unpaired) electrons. The fourth-order valence-electron chi connectivity index (χ4n) is 1.89. The summed E-state index contributed by atoms with van der Waals surface area (Å²) in [6, 6.07) is 13.6. The molecule has 124 valence electrons. The Labute approximate surface area is 140 Å². The highest BCUT2D eigenvalue weighted by Crippen LogP contribution is 2.27. The second-order valence-corrected chi connectivity index (χ2v) is 8.32. The summed E-state index contributed by atoms with van der Waals surface area (Å²) < 4.78 is 34.5. The van der Waals surface area contributed by atoms with Gasteiger partial charge in [-0.1, -0.05) is 24.3 Å². The van der Waals surface area contributed by atoms with Gasteiger partial charge in [0.15, 0.2) is 11.6 Å². The zero-order chi connectivity index (χ0) is 17.0. The maximum Gasteiger partial charge on any atom is 0.166 e. The van der Waals surface area contributed by atoms with Crippen LogP contribution in [0, 0.1) is 5.82 Å². The second kappa shape index (κ2) is 7.34. The lowest BCUT2D eigenvalue weighted by molar-refractivity contribution is 0.441. The predicted molar refractivity (Wildman–Crippen MR) is 92.4 cm³/mol. The summed E-state index contributed by atoms with van der Waals surface area (Å²) in [5.41, 5.74) is 0.723. The van der Waals surface area contributed by atoms with Crippen molar-refractivity contribution in [2.45, 2.75) is 38.5 Å². The molecule has 23 heavy (non-hydrogen) atoms. The highest BCUT2D eigenvalue weighted by Gasteiger charge is 2.28. The Morgan fingerprint density at radius 3 is 2.35 bits per heavy atom. The van der Waals surface area contributed by atoms with E-state index in [9.17, 15) is 8.94 Å². The summed E-state index contributed by atoms with van der Waals surface area (Å²) in [5, 5.41) is 0. The van der Waals surface area contributed by atoms with Crippen molar-refractivity contribution < 1.29 is 13.7 Å². The van der Waals surface area contributed by atoms with Crippen molar-refractivity contribution in [3.05, 3.63) is 59.9 Å². The highest BCUT2D eigenvalue weighted by molar-refractivity contribution is 7.90. The van der Waals surface area contributed by atoms with Crippen molar-refractivity contribution in [2.24, 2.45) is 0 Å². The topological polar surface area (TPSA) is 44.3 Å². The molecule has 1 unspecified atom stereocenters. The molecule has 0 heterocycles. The SMILES string of the molecule is CC(N[S@+]([O-])C(C)(C)C)c1ccc(Oc2ccccc2)c(F)c1. The third-order valence-corrected chi connectivity index (χ3v) is 4.95. The molecule has 0 aliphatic carbocycles. The molecule has 0 saturated carbocycles. The predicted octanol–water partition coefficient (Wildman–Crippen LogP) is 4.73. The standard InChI is InChI=1S/C18H22FNO2S/c1-13(20-23(21)18(2,3)4)14-10-11-17(16(19)12-14)22-15-8-6-5-7-9-15/h5-13,20H,1-4H3/t13?,23-/m1/s1. The van der Waals surface area contributed by atoms with E-state index in [1.54, 1.807) is 24.3 Å². The minimum atomic E-state index is -1.22. The Morgan fingerprint density at radius 1 is 1.13 bits per heavy atom. The third kappa shape index (κ3) is 4.96. The van der Waals surface area contributed by atoms with Gasteiger partial charge in [0.2, 0.25) is 0 Å². The van der Waals surface area contributed by atoms with Crippen molar-refractivity contribution in [2.75, 3.05) is 0 Å². The van der Waals surface area contributed by atoms with Crippen LogP contribution in [-0.2, 0) is 11.4 Å². The van der Waals surface area contributed by atoms with Crippen LogP contribution in [0.15, 0.2) is 48.5 Å². The number of hydrogen-bond donors (Lipinski definition) is 1. The highest BCUT2D eigenvalue weighted by atomic mass is 32.2. The first kappa shape index (κ1) is 17.8. The maximum absolute atomic E-state index is 14.2. The largest absolute Gasteiger partial charge is 0.598 e. The first-order valence-electron chi connectivity index (χ1n) is 7.48. The summed E-state index contributed by atoms with van der Waals surface area (Å²) in [5.74, 6) is 0.310. The first-order chi connectivity index (χ1) is 10.8. The molecule has 0 saturated heterocycles. The molecular weight excluding hydrogens is 313 g/mol. The van der Waals surface area contributed by atoms with E-state index < -0.39 is 17.2 Å². The zero-order valence-corrected chi connectivity index (χ0v) is 14.6. The lowest BCUT2D eigenvalue weighted by atomic mass is 10.1. The van der Waals surface area contributed by atoms with E-state index >= 15 is 0 Å². The van der Waals surface area contributed by atoms with Crippen LogP contribution in [0.1, 0.15) is 39.3 Å². The van der Waals surface area contributed by atoms with Gasteiger partial charge in [-0.05, 0) is 57.5 Å². The molecule has 0 aliphatic rings. The van der Waals surface area contributed by atoms with Crippen molar-refractivity contribution in [1.82, 2.24) is 4.72 Å². The number of halogens is 1. The van der Waals surface area contributed by atoms with Gasteiger partial charge in [0.05, 0.1) is 6.04 Å². The van der Waals surface area contributed by atoms with Gasteiger partial charge in [0, 0.05) is 11.4 Å². The van der Waals surface area contributed by atoms with E-state index in [1.807, 2.05) is 45.9 Å². The van der Waals surface area contributed by atoms with Crippen molar-refractivity contribution in [1.29, 1.82) is 0 Å². The molecule has 0 amide bonds. The molecule has 1 N–H and O–H groups in total. The molecule has 2 aromatic carbocycles. The fourth-order valence-corrected chi connectivity index (χ4v) is 2.70. The molecule has 2 atom stereocenters. The van der Waals surface area contributed by atoms with E-state index in [0.29, 0.717) is 5.75 Å². The van der Waals surface area contributed by atoms with Crippen LogP contribution in [0.25, 0.3) is 0 Å². The van der Waals surface area contributed by atoms with Crippen LogP contribution in [0.2, 0.25) is 0 Å². The monoisotopic (exact) mass is 335 g/mol. The number of nitrogens with one attached hydrogen (secondary N) is 1. The van der Waals surface area contributed by atoms with E-state index in [0.717, 1.165) is 5.56 Å². The average molecular weight is 335 g/mol. The normalized spacial score (nSPS) is 14.3. The molecule has 2 rings (SSSR count). The van der Waals surface area contributed by atoms with Crippen LogP contribution >= 0.6 is 0 Å². The Morgan fingerprint density at radius 2 is 1.78 bits per heavy atom. The van der Waals surface area contributed by atoms with Gasteiger partial charge in [-0.3, -0.25) is 0 Å². The number of ether oxygens (including phenoxy) is 1. The molecule has 0 spiro atoms. The number of hydrogen-bond acceptors (Lipinski definition) is 3. The minimum absolute atomic E-state index is 0.170. The molecule has 3 nitrogen and oxygen atoms in total. The lowest BCUT2D eigenvalue weighted by Gasteiger charge is -2.26. The van der Waals surface area contributed by atoms with Crippen LogP contribution in [0.5, 0.6) is 11.5 Å². The first-order valence-corrected chi connectivity index (χ1v) is 8.63. The Hall–Kier alpha value is -1.56. The number of benzene rings is 2. The summed E-state index contributed by atoms with van der Waals surface area (Å²) in [4.78, 5) is 0. The summed E-state index contributed by atoms with van der Waals surface area (Å²) >= 11 is -1.22. The quantitative estimate of drug-likeness (QED) is 0.803. The van der Waals surface area contributed by atoms with Gasteiger partial charge in [-0.2, -0.15) is 0 Å². The van der Waals surface area contributed by atoms with Gasteiger partial charge >= 0.3 is 0 Å². The second-order valence-electron chi connectivity index (χ2n) is 6.33. The summed E-state index contributed by atoms with van der Waals surface area (Å²) in [7, 11) is 0. The van der Waals surface area contributed by atoms with Gasteiger partial charge in [-0.15, -0.1) is 4.72 Å². The maximum atomic E-state index is 14.2. The summed E-state index contributed by atoms with van der Waals surface area (Å²) in [6.07, 6.45) is 0. The van der Waals surface area contributed by atoms with E-state index in [2.05, 4.69) is 4.72 Å². The van der Waals surface area contributed by atoms with Gasteiger partial charge in [-0.25, -0.2) is 4.39 Å². The average Bonchev–Trinajstić information content (AvgIpc) is 2.49. The fraction of sp³-hybridized carbons (Fsp3) is 0.333. The molecule has 0 fully saturated rings. The van der Waals surface area contributed by atoms with Crippen molar-refractivity contribution >= 4 is 11.4 Å². The Bertz CT molecular complexity index is 643. The Kier molecular flexibility index (Phi) is 5.68. The van der Waals surface area contributed by atoms with Gasteiger partial charge in [0.25, 0.3) is 0 Å². The van der Waals surface area contributed by atoms with E-state index in [4.69, 9.17) is 4.74 Å². The van der Waals surface area contributed by atoms with Gasteiger partial charge in [0.1, 0.15) is 10.5 Å². The zero-order valence-electron chi connectivity index (χ0n) is 13.8. The van der Waals surface area contributed by atoms with Crippen LogP contribution in [0.4, 0.5) is 4.39 Å². The van der Waals surface area contributed by atoms with Crippen LogP contribution < -0.4 is 9.46 Å². The third-order valence-electron chi connectivity index (χ3n) is 3.27. The smallest absolute Gasteiger partial charge is 0.166 e. The summed E-state index contributed by atoms with van der Waals surface area (Å²) in [6.45, 7) is 7.52.